The highest BCUT2D eigenvalue weighted by Crippen LogP contribution is 2.47. The van der Waals surface area contributed by atoms with E-state index in [1.165, 1.54) is 24.3 Å². The minimum atomic E-state index is -6.04. The summed E-state index contributed by atoms with van der Waals surface area (Å²) in [6.45, 7) is -1.55. The van der Waals surface area contributed by atoms with Crippen molar-refractivity contribution in [3.05, 3.63) is 54.3 Å². The number of nitrogens with zero attached hydrogens (tertiary/aromatic N) is 1. The molecule has 0 aromatic heterocycles. The Balaban J connectivity index is 2.08. The van der Waals surface area contributed by atoms with E-state index in [2.05, 4.69) is 0 Å². The minimum Gasteiger partial charge on any atom is -0.457 e. The van der Waals surface area contributed by atoms with Crippen molar-refractivity contribution in [2.45, 2.75) is 62.5 Å². The molecule has 1 aliphatic rings. The first-order chi connectivity index (χ1) is 16.7. The zero-order valence-electron chi connectivity index (χ0n) is 18.8. The summed E-state index contributed by atoms with van der Waals surface area (Å²) in [5, 5.41) is 9.70. The van der Waals surface area contributed by atoms with Gasteiger partial charge in [0.1, 0.15) is 23.4 Å². The molecule has 0 radical (unpaired) electrons. The Morgan fingerprint density at radius 1 is 0.861 bits per heavy atom. The van der Waals surface area contributed by atoms with Crippen molar-refractivity contribution in [3.63, 3.8) is 0 Å². The summed E-state index contributed by atoms with van der Waals surface area (Å²) >= 11 is 0. The van der Waals surface area contributed by atoms with E-state index in [1.807, 2.05) is 0 Å². The highest BCUT2D eigenvalue weighted by molar-refractivity contribution is 5.53. The molecule has 3 nitrogen and oxygen atoms in total. The second kappa shape index (κ2) is 10.8. The van der Waals surface area contributed by atoms with Crippen LogP contribution in [-0.2, 0) is 0 Å². The molecule has 1 fully saturated rings. The molecule has 12 heteroatoms. The van der Waals surface area contributed by atoms with Crippen molar-refractivity contribution in [1.29, 1.82) is 0 Å². The second-order valence-corrected chi connectivity index (χ2v) is 8.73. The molecule has 3 rings (SSSR count). The highest BCUT2D eigenvalue weighted by atomic mass is 19.4. The molecule has 0 spiro atoms. The van der Waals surface area contributed by atoms with Gasteiger partial charge in [0, 0.05) is 11.8 Å². The lowest BCUT2D eigenvalue weighted by Crippen LogP contribution is -2.61. The van der Waals surface area contributed by atoms with E-state index in [0.29, 0.717) is 24.2 Å². The summed E-state index contributed by atoms with van der Waals surface area (Å²) in [5.74, 6) is -7.23. The number of aliphatic hydroxyl groups excluding tert-OH is 1. The summed E-state index contributed by atoms with van der Waals surface area (Å²) in [5.41, 5.74) is -0.419. The van der Waals surface area contributed by atoms with Gasteiger partial charge in [-0.1, -0.05) is 25.3 Å². The zero-order valence-corrected chi connectivity index (χ0v) is 18.8. The molecular weight excluding hydrogens is 505 g/mol. The molecule has 2 atom stereocenters. The molecule has 0 aliphatic heterocycles. The Hall–Kier alpha value is -2.63. The van der Waals surface area contributed by atoms with E-state index in [4.69, 9.17) is 4.74 Å². The zero-order chi connectivity index (χ0) is 26.7. The van der Waals surface area contributed by atoms with Crippen molar-refractivity contribution in [3.8, 4) is 11.5 Å². The van der Waals surface area contributed by atoms with Crippen molar-refractivity contribution in [1.82, 2.24) is 0 Å². The van der Waals surface area contributed by atoms with Crippen LogP contribution >= 0.6 is 0 Å². The van der Waals surface area contributed by atoms with E-state index < -0.39 is 54.4 Å². The molecule has 0 bridgehead atoms. The average Bonchev–Trinajstić information content (AvgIpc) is 2.79. The van der Waals surface area contributed by atoms with E-state index in [1.54, 1.807) is 0 Å². The molecule has 200 valence electrons. The maximum atomic E-state index is 15.0. The SMILES string of the molecule is OC(CN(c1cccc(Oc2ccc(F)cc2)c1)C(C1CCCCC1)C(F)(F)C(F)(F)F)C(F)(F)F. The lowest BCUT2D eigenvalue weighted by atomic mass is 9.80. The van der Waals surface area contributed by atoms with Crippen molar-refractivity contribution in [2.24, 2.45) is 5.92 Å². The number of halogens is 9. The van der Waals surface area contributed by atoms with E-state index in [0.717, 1.165) is 24.3 Å². The smallest absolute Gasteiger partial charge is 0.455 e. The van der Waals surface area contributed by atoms with Gasteiger partial charge in [-0.15, -0.1) is 0 Å². The van der Waals surface area contributed by atoms with Crippen LogP contribution in [0.15, 0.2) is 48.5 Å². The van der Waals surface area contributed by atoms with Crippen LogP contribution in [0.25, 0.3) is 0 Å². The number of benzene rings is 2. The first kappa shape index (κ1) is 27.9. The minimum absolute atomic E-state index is 0.0410. The largest absolute Gasteiger partial charge is 0.457 e. The Kier molecular flexibility index (Phi) is 8.37. The third kappa shape index (κ3) is 6.57. The van der Waals surface area contributed by atoms with Gasteiger partial charge in [-0.25, -0.2) is 4.39 Å². The molecule has 0 heterocycles. The number of hydrogen-bond acceptors (Lipinski definition) is 3. The fourth-order valence-electron chi connectivity index (χ4n) is 4.40. The lowest BCUT2D eigenvalue weighted by molar-refractivity contribution is -0.295. The summed E-state index contributed by atoms with van der Waals surface area (Å²) in [4.78, 5) is 0.291. The van der Waals surface area contributed by atoms with Crippen LogP contribution < -0.4 is 9.64 Å². The number of anilines is 1. The quantitative estimate of drug-likeness (QED) is 0.360. The molecule has 36 heavy (non-hydrogen) atoms. The van der Waals surface area contributed by atoms with Crippen molar-refractivity contribution < 1.29 is 49.4 Å². The molecule has 1 N–H and O–H groups in total. The Morgan fingerprint density at radius 2 is 1.47 bits per heavy atom. The van der Waals surface area contributed by atoms with Gasteiger partial charge in [0.05, 0.1) is 6.54 Å². The molecule has 2 aromatic rings. The van der Waals surface area contributed by atoms with Gasteiger partial charge < -0.3 is 14.7 Å². The van der Waals surface area contributed by atoms with Crippen LogP contribution in [0.5, 0.6) is 11.5 Å². The standard InChI is InChI=1S/C24H24F9NO2/c25-16-9-11-18(12-10-16)36-19-8-4-7-17(13-19)34(14-20(35)23(28,29)30)21(15-5-2-1-3-6-15)22(26,27)24(31,32)33/h4,7-13,15,20-21,35H,1-3,5-6,14H2. The Morgan fingerprint density at radius 3 is 2.03 bits per heavy atom. The van der Waals surface area contributed by atoms with Crippen molar-refractivity contribution in [2.75, 3.05) is 11.4 Å². The summed E-state index contributed by atoms with van der Waals surface area (Å²) < 4.78 is 129. The van der Waals surface area contributed by atoms with Gasteiger partial charge in [-0.3, -0.25) is 0 Å². The average molecular weight is 529 g/mol. The van der Waals surface area contributed by atoms with E-state index in [9.17, 15) is 44.6 Å². The Bertz CT molecular complexity index is 986. The second-order valence-electron chi connectivity index (χ2n) is 8.73. The van der Waals surface area contributed by atoms with Crippen LogP contribution in [-0.4, -0.2) is 42.1 Å². The predicted molar refractivity (Wildman–Crippen MR) is 114 cm³/mol. The van der Waals surface area contributed by atoms with Gasteiger partial charge in [-0.05, 0) is 55.2 Å². The normalized spacial score (nSPS) is 17.5. The first-order valence-electron chi connectivity index (χ1n) is 11.2. The number of alkyl halides is 8. The molecule has 2 aromatic carbocycles. The van der Waals surface area contributed by atoms with Crippen LogP contribution in [0, 0.1) is 11.7 Å². The van der Waals surface area contributed by atoms with Crippen LogP contribution in [0.4, 0.5) is 45.2 Å². The van der Waals surface area contributed by atoms with Crippen molar-refractivity contribution >= 4 is 5.69 Å². The van der Waals surface area contributed by atoms with Gasteiger partial charge >= 0.3 is 18.3 Å². The molecule has 1 aliphatic carbocycles. The first-order valence-corrected chi connectivity index (χ1v) is 11.2. The van der Waals surface area contributed by atoms with Crippen LogP contribution in [0.2, 0.25) is 0 Å². The number of hydrogen-bond donors (Lipinski definition) is 1. The third-order valence-electron chi connectivity index (χ3n) is 6.13. The monoisotopic (exact) mass is 529 g/mol. The Labute approximate surface area is 201 Å². The van der Waals surface area contributed by atoms with Crippen LogP contribution in [0.3, 0.4) is 0 Å². The number of rotatable bonds is 8. The predicted octanol–water partition coefficient (Wildman–Crippen LogP) is 7.49. The lowest BCUT2D eigenvalue weighted by Gasteiger charge is -2.45. The molecule has 2 unspecified atom stereocenters. The molecule has 0 amide bonds. The molecular formula is C24H24F9NO2. The summed E-state index contributed by atoms with van der Waals surface area (Å²) in [6, 6.07) is 6.50. The summed E-state index contributed by atoms with van der Waals surface area (Å²) in [6.07, 6.45) is -13.3. The van der Waals surface area contributed by atoms with Gasteiger partial charge in [0.2, 0.25) is 0 Å². The summed E-state index contributed by atoms with van der Waals surface area (Å²) in [7, 11) is 0. The fraction of sp³-hybridized carbons (Fsp3) is 0.500. The van der Waals surface area contributed by atoms with Crippen LogP contribution in [0.1, 0.15) is 32.1 Å². The fourth-order valence-corrected chi connectivity index (χ4v) is 4.40. The van der Waals surface area contributed by atoms with Gasteiger partial charge in [0.15, 0.2) is 6.10 Å². The molecule has 1 saturated carbocycles. The number of aliphatic hydroxyl groups is 1. The maximum Gasteiger partial charge on any atom is 0.455 e. The van der Waals surface area contributed by atoms with Gasteiger partial charge in [0.25, 0.3) is 0 Å². The highest BCUT2D eigenvalue weighted by Gasteiger charge is 2.65. The molecule has 0 saturated heterocycles. The van der Waals surface area contributed by atoms with E-state index in [-0.39, 0.29) is 24.3 Å². The number of ether oxygens (including phenoxy) is 1. The third-order valence-corrected chi connectivity index (χ3v) is 6.13. The topological polar surface area (TPSA) is 32.7 Å². The maximum absolute atomic E-state index is 15.0. The van der Waals surface area contributed by atoms with Gasteiger partial charge in [-0.2, -0.15) is 35.1 Å². The van der Waals surface area contributed by atoms with E-state index >= 15 is 0 Å².